The molecular formula is C12H17BrFNO2. The van der Waals surface area contributed by atoms with Crippen molar-refractivity contribution in [1.82, 2.24) is 0 Å². The highest BCUT2D eigenvalue weighted by atomic mass is 79.9. The molecule has 2 N–H and O–H groups in total. The van der Waals surface area contributed by atoms with Crippen LogP contribution in [0.3, 0.4) is 0 Å². The van der Waals surface area contributed by atoms with Crippen molar-refractivity contribution >= 4 is 21.6 Å². The Balaban J connectivity index is 2.36. The molecule has 5 heteroatoms. The third-order valence-electron chi connectivity index (χ3n) is 2.08. The van der Waals surface area contributed by atoms with Gasteiger partial charge >= 0.3 is 0 Å². The van der Waals surface area contributed by atoms with E-state index in [0.717, 1.165) is 0 Å². The van der Waals surface area contributed by atoms with Crippen LogP contribution in [0.1, 0.15) is 13.8 Å². The van der Waals surface area contributed by atoms with Crippen LogP contribution in [-0.4, -0.2) is 30.5 Å². The van der Waals surface area contributed by atoms with E-state index >= 15 is 0 Å². The second-order valence-corrected chi connectivity index (χ2v) is 4.90. The maximum absolute atomic E-state index is 13.2. The van der Waals surface area contributed by atoms with Crippen molar-refractivity contribution in [2.75, 3.05) is 18.5 Å². The topological polar surface area (TPSA) is 41.5 Å². The quantitative estimate of drug-likeness (QED) is 0.849. The molecule has 0 aromatic heterocycles. The zero-order valence-corrected chi connectivity index (χ0v) is 11.5. The second-order valence-electron chi connectivity index (χ2n) is 4.05. The van der Waals surface area contributed by atoms with Gasteiger partial charge < -0.3 is 15.2 Å². The first-order valence-electron chi connectivity index (χ1n) is 5.47. The summed E-state index contributed by atoms with van der Waals surface area (Å²) in [4.78, 5) is 0. The monoisotopic (exact) mass is 305 g/mol. The molecule has 96 valence electrons. The summed E-state index contributed by atoms with van der Waals surface area (Å²) in [6, 6.07) is 4.73. The zero-order valence-electron chi connectivity index (χ0n) is 9.91. The van der Waals surface area contributed by atoms with Crippen LogP contribution in [0.2, 0.25) is 0 Å². The Morgan fingerprint density at radius 1 is 1.47 bits per heavy atom. The number of rotatable bonds is 6. The molecule has 0 bridgehead atoms. The summed E-state index contributed by atoms with van der Waals surface area (Å²) >= 11 is 3.08. The molecule has 0 saturated heterocycles. The molecule has 0 aliphatic carbocycles. The van der Waals surface area contributed by atoms with Gasteiger partial charge in [0, 0.05) is 12.2 Å². The highest BCUT2D eigenvalue weighted by molar-refractivity contribution is 9.10. The Bertz CT molecular complexity index is 360. The lowest BCUT2D eigenvalue weighted by Crippen LogP contribution is -2.26. The van der Waals surface area contributed by atoms with E-state index in [9.17, 15) is 9.50 Å². The van der Waals surface area contributed by atoms with Crippen LogP contribution in [0.25, 0.3) is 0 Å². The van der Waals surface area contributed by atoms with Crippen molar-refractivity contribution in [2.45, 2.75) is 26.1 Å². The number of hydrogen-bond acceptors (Lipinski definition) is 3. The molecule has 0 aliphatic rings. The van der Waals surface area contributed by atoms with Crippen LogP contribution in [-0.2, 0) is 4.74 Å². The molecule has 17 heavy (non-hydrogen) atoms. The summed E-state index contributed by atoms with van der Waals surface area (Å²) in [7, 11) is 0. The van der Waals surface area contributed by atoms with Crippen LogP contribution >= 0.6 is 15.9 Å². The molecule has 1 aromatic carbocycles. The fourth-order valence-corrected chi connectivity index (χ4v) is 1.45. The highest BCUT2D eigenvalue weighted by Gasteiger charge is 2.06. The summed E-state index contributed by atoms with van der Waals surface area (Å²) < 4.78 is 18.9. The van der Waals surface area contributed by atoms with E-state index in [1.54, 1.807) is 12.1 Å². The van der Waals surface area contributed by atoms with Gasteiger partial charge in [0.2, 0.25) is 0 Å². The van der Waals surface area contributed by atoms with Crippen LogP contribution in [0, 0.1) is 5.82 Å². The van der Waals surface area contributed by atoms with E-state index in [-0.39, 0.29) is 18.5 Å². The van der Waals surface area contributed by atoms with Crippen LogP contribution in [0.15, 0.2) is 22.7 Å². The molecule has 0 spiro atoms. The molecule has 1 aromatic rings. The number of benzene rings is 1. The van der Waals surface area contributed by atoms with Gasteiger partial charge in [-0.3, -0.25) is 0 Å². The third-order valence-corrected chi connectivity index (χ3v) is 2.73. The molecule has 0 aliphatic heterocycles. The number of anilines is 1. The summed E-state index contributed by atoms with van der Waals surface area (Å²) in [6.45, 7) is 4.41. The average Bonchev–Trinajstić information content (AvgIpc) is 2.28. The number of nitrogens with one attached hydrogen (secondary N) is 1. The predicted octanol–water partition coefficient (Wildman–Crippen LogP) is 2.79. The molecule has 0 radical (unpaired) electrons. The summed E-state index contributed by atoms with van der Waals surface area (Å²) in [5.41, 5.74) is 0.634. The predicted molar refractivity (Wildman–Crippen MR) is 69.7 cm³/mol. The van der Waals surface area contributed by atoms with Gasteiger partial charge in [0.1, 0.15) is 5.82 Å². The van der Waals surface area contributed by atoms with Gasteiger partial charge in [-0.25, -0.2) is 4.39 Å². The minimum atomic E-state index is -0.607. The third kappa shape index (κ3) is 5.48. The number of halogens is 2. The van der Waals surface area contributed by atoms with E-state index < -0.39 is 6.10 Å². The largest absolute Gasteiger partial charge is 0.389 e. The van der Waals surface area contributed by atoms with E-state index in [0.29, 0.717) is 16.7 Å². The van der Waals surface area contributed by atoms with Crippen LogP contribution < -0.4 is 5.32 Å². The lowest BCUT2D eigenvalue weighted by atomic mass is 10.3. The maximum atomic E-state index is 13.2. The first kappa shape index (κ1) is 14.4. The minimum absolute atomic E-state index is 0.0924. The molecule has 0 fully saturated rings. The lowest BCUT2D eigenvalue weighted by molar-refractivity contribution is 0.0112. The second kappa shape index (κ2) is 6.93. The SMILES string of the molecule is CC(C)OCC(O)CNc1ccc(Br)c(F)c1. The minimum Gasteiger partial charge on any atom is -0.389 e. The Kier molecular flexibility index (Phi) is 5.88. The Labute approximate surface area is 109 Å². The van der Waals surface area contributed by atoms with Gasteiger partial charge in [-0.1, -0.05) is 0 Å². The molecule has 1 atom stereocenters. The summed E-state index contributed by atoms with van der Waals surface area (Å²) in [5, 5.41) is 12.5. The van der Waals surface area contributed by atoms with E-state index in [1.807, 2.05) is 13.8 Å². The molecule has 0 amide bonds. The van der Waals surface area contributed by atoms with Gasteiger partial charge in [0.25, 0.3) is 0 Å². The van der Waals surface area contributed by atoms with E-state index in [1.165, 1.54) is 6.07 Å². The Morgan fingerprint density at radius 2 is 2.18 bits per heavy atom. The smallest absolute Gasteiger partial charge is 0.139 e. The van der Waals surface area contributed by atoms with Gasteiger partial charge in [0.05, 0.1) is 23.3 Å². The molecular weight excluding hydrogens is 289 g/mol. The normalized spacial score (nSPS) is 12.8. The number of aliphatic hydroxyl groups is 1. The maximum Gasteiger partial charge on any atom is 0.139 e. The molecule has 0 heterocycles. The Morgan fingerprint density at radius 3 is 2.76 bits per heavy atom. The van der Waals surface area contributed by atoms with Gasteiger partial charge in [-0.2, -0.15) is 0 Å². The fourth-order valence-electron chi connectivity index (χ4n) is 1.20. The van der Waals surface area contributed by atoms with Gasteiger partial charge in [-0.15, -0.1) is 0 Å². The van der Waals surface area contributed by atoms with E-state index in [4.69, 9.17) is 4.74 Å². The Hall–Kier alpha value is -0.650. The van der Waals surface area contributed by atoms with Crippen molar-refractivity contribution in [2.24, 2.45) is 0 Å². The summed E-state index contributed by atoms with van der Waals surface area (Å²) in [6.07, 6.45) is -0.515. The van der Waals surface area contributed by atoms with Crippen molar-refractivity contribution in [3.8, 4) is 0 Å². The number of aliphatic hydroxyl groups excluding tert-OH is 1. The zero-order chi connectivity index (χ0) is 12.8. The molecule has 0 saturated carbocycles. The molecule has 3 nitrogen and oxygen atoms in total. The van der Waals surface area contributed by atoms with Gasteiger partial charge in [0.15, 0.2) is 0 Å². The van der Waals surface area contributed by atoms with Gasteiger partial charge in [-0.05, 0) is 48.0 Å². The van der Waals surface area contributed by atoms with Crippen molar-refractivity contribution in [3.63, 3.8) is 0 Å². The van der Waals surface area contributed by atoms with Crippen LogP contribution in [0.5, 0.6) is 0 Å². The first-order chi connectivity index (χ1) is 7.99. The van der Waals surface area contributed by atoms with Crippen molar-refractivity contribution < 1.29 is 14.2 Å². The average molecular weight is 306 g/mol. The number of ether oxygens (including phenoxy) is 1. The number of hydrogen-bond donors (Lipinski definition) is 2. The first-order valence-corrected chi connectivity index (χ1v) is 6.27. The standard InChI is InChI=1S/C12H17BrFNO2/c1-8(2)17-7-10(16)6-15-9-3-4-11(13)12(14)5-9/h3-5,8,10,15-16H,6-7H2,1-2H3. The highest BCUT2D eigenvalue weighted by Crippen LogP contribution is 2.19. The lowest BCUT2D eigenvalue weighted by Gasteiger charge is -2.15. The molecule has 1 rings (SSSR count). The fraction of sp³-hybridized carbons (Fsp3) is 0.500. The van der Waals surface area contributed by atoms with Crippen LogP contribution in [0.4, 0.5) is 10.1 Å². The van der Waals surface area contributed by atoms with Crippen molar-refractivity contribution in [3.05, 3.63) is 28.5 Å². The summed E-state index contributed by atoms with van der Waals surface area (Å²) in [5.74, 6) is -0.331. The van der Waals surface area contributed by atoms with Crippen molar-refractivity contribution in [1.29, 1.82) is 0 Å². The van der Waals surface area contributed by atoms with E-state index in [2.05, 4.69) is 21.2 Å². The molecule has 1 unspecified atom stereocenters.